The zero-order chi connectivity index (χ0) is 14.0. The largest absolute Gasteiger partial charge is 0.355 e. The Labute approximate surface area is 122 Å². The lowest BCUT2D eigenvalue weighted by Gasteiger charge is -2.30. The molecular weight excluding hydrogens is 250 g/mol. The van der Waals surface area contributed by atoms with Crippen LogP contribution in [0.1, 0.15) is 39.0 Å². The van der Waals surface area contributed by atoms with Crippen molar-refractivity contribution in [1.29, 1.82) is 0 Å². The second-order valence-electron chi connectivity index (χ2n) is 7.21. The van der Waals surface area contributed by atoms with Gasteiger partial charge in [0.15, 0.2) is 0 Å². The molecule has 4 nitrogen and oxygen atoms in total. The Morgan fingerprint density at radius 2 is 2.20 bits per heavy atom. The van der Waals surface area contributed by atoms with Crippen LogP contribution in [-0.4, -0.2) is 50.1 Å². The van der Waals surface area contributed by atoms with Gasteiger partial charge in [-0.05, 0) is 63.1 Å². The lowest BCUT2D eigenvalue weighted by molar-refractivity contribution is -0.123. The number of nitrogens with one attached hydrogen (secondary N) is 2. The minimum atomic E-state index is 0.310. The maximum atomic E-state index is 12.2. The van der Waals surface area contributed by atoms with Crippen LogP contribution < -0.4 is 10.6 Å². The number of amides is 1. The molecule has 0 aromatic carbocycles. The van der Waals surface area contributed by atoms with Crippen molar-refractivity contribution in [3.8, 4) is 0 Å². The van der Waals surface area contributed by atoms with Crippen molar-refractivity contribution in [2.75, 3.05) is 39.3 Å². The van der Waals surface area contributed by atoms with E-state index in [1.54, 1.807) is 0 Å². The molecule has 3 fully saturated rings. The SMILES string of the molecule is CC1CCCN(CCNC(=O)C2CC23CCNCC3)C1. The van der Waals surface area contributed by atoms with Crippen molar-refractivity contribution in [2.24, 2.45) is 17.3 Å². The Morgan fingerprint density at radius 1 is 1.40 bits per heavy atom. The number of carbonyl (C=O) groups excluding carboxylic acids is 1. The highest BCUT2D eigenvalue weighted by molar-refractivity contribution is 5.82. The first-order chi connectivity index (χ1) is 9.70. The highest BCUT2D eigenvalue weighted by Gasteiger charge is 2.57. The fraction of sp³-hybridized carbons (Fsp3) is 0.938. The summed E-state index contributed by atoms with van der Waals surface area (Å²) in [5.74, 6) is 1.45. The first-order valence-corrected chi connectivity index (χ1v) is 8.40. The molecule has 1 amide bonds. The first-order valence-electron chi connectivity index (χ1n) is 8.40. The van der Waals surface area contributed by atoms with Crippen molar-refractivity contribution in [3.63, 3.8) is 0 Å². The lowest BCUT2D eigenvalue weighted by atomic mass is 9.92. The average Bonchev–Trinajstić information content (AvgIpc) is 3.13. The molecule has 20 heavy (non-hydrogen) atoms. The normalized spacial score (nSPS) is 33.0. The predicted octanol–water partition coefficient (Wildman–Crippen LogP) is 1.22. The van der Waals surface area contributed by atoms with E-state index in [0.717, 1.165) is 38.5 Å². The van der Waals surface area contributed by atoms with Gasteiger partial charge in [-0.2, -0.15) is 0 Å². The quantitative estimate of drug-likeness (QED) is 0.813. The van der Waals surface area contributed by atoms with E-state index in [-0.39, 0.29) is 0 Å². The second kappa shape index (κ2) is 6.02. The number of likely N-dealkylation sites (tertiary alicyclic amines) is 1. The molecule has 3 aliphatic rings. The van der Waals surface area contributed by atoms with Crippen molar-refractivity contribution >= 4 is 5.91 Å². The first kappa shape index (κ1) is 14.3. The monoisotopic (exact) mass is 279 g/mol. The molecule has 1 aliphatic carbocycles. The number of carbonyl (C=O) groups is 1. The van der Waals surface area contributed by atoms with E-state index in [4.69, 9.17) is 0 Å². The Morgan fingerprint density at radius 3 is 2.95 bits per heavy atom. The lowest BCUT2D eigenvalue weighted by Crippen LogP contribution is -2.41. The van der Waals surface area contributed by atoms with Gasteiger partial charge in [-0.15, -0.1) is 0 Å². The van der Waals surface area contributed by atoms with Crippen LogP contribution in [0.15, 0.2) is 0 Å². The van der Waals surface area contributed by atoms with Gasteiger partial charge in [-0.25, -0.2) is 0 Å². The molecule has 3 rings (SSSR count). The van der Waals surface area contributed by atoms with Crippen molar-refractivity contribution in [1.82, 2.24) is 15.5 Å². The summed E-state index contributed by atoms with van der Waals surface area (Å²) in [5.41, 5.74) is 0.370. The fourth-order valence-corrected chi connectivity index (χ4v) is 4.15. The highest BCUT2D eigenvalue weighted by Crippen LogP contribution is 2.58. The van der Waals surface area contributed by atoms with Crippen LogP contribution in [0.25, 0.3) is 0 Å². The Balaban J connectivity index is 1.36. The van der Waals surface area contributed by atoms with Crippen molar-refractivity contribution < 1.29 is 4.79 Å². The molecule has 0 aromatic rings. The summed E-state index contributed by atoms with van der Waals surface area (Å²) in [4.78, 5) is 14.7. The van der Waals surface area contributed by atoms with Crippen LogP contribution in [0.2, 0.25) is 0 Å². The zero-order valence-electron chi connectivity index (χ0n) is 12.8. The number of hydrogen-bond acceptors (Lipinski definition) is 3. The third-order valence-electron chi connectivity index (χ3n) is 5.57. The van der Waals surface area contributed by atoms with E-state index in [1.807, 2.05) is 0 Å². The van der Waals surface area contributed by atoms with E-state index in [1.165, 1.54) is 38.8 Å². The average molecular weight is 279 g/mol. The van der Waals surface area contributed by atoms with Crippen LogP contribution >= 0.6 is 0 Å². The van der Waals surface area contributed by atoms with Crippen LogP contribution in [-0.2, 0) is 4.79 Å². The molecule has 1 saturated carbocycles. The van der Waals surface area contributed by atoms with Gasteiger partial charge in [0.2, 0.25) is 5.91 Å². The van der Waals surface area contributed by atoms with Gasteiger partial charge in [-0.1, -0.05) is 6.92 Å². The maximum absolute atomic E-state index is 12.2. The molecule has 2 unspecified atom stereocenters. The summed E-state index contributed by atoms with van der Waals surface area (Å²) in [7, 11) is 0. The van der Waals surface area contributed by atoms with Gasteiger partial charge >= 0.3 is 0 Å². The summed E-state index contributed by atoms with van der Waals surface area (Å²) in [6.07, 6.45) is 6.18. The van der Waals surface area contributed by atoms with Gasteiger partial charge in [0.1, 0.15) is 0 Å². The molecule has 2 saturated heterocycles. The number of nitrogens with zero attached hydrogens (tertiary/aromatic N) is 1. The fourth-order valence-electron chi connectivity index (χ4n) is 4.15. The number of rotatable bonds is 4. The molecule has 1 spiro atoms. The summed E-state index contributed by atoms with van der Waals surface area (Å²) in [6, 6.07) is 0. The van der Waals surface area contributed by atoms with E-state index in [9.17, 15) is 4.79 Å². The van der Waals surface area contributed by atoms with Crippen molar-refractivity contribution in [3.05, 3.63) is 0 Å². The summed E-state index contributed by atoms with van der Waals surface area (Å²) in [6.45, 7) is 8.78. The Kier molecular flexibility index (Phi) is 4.32. The van der Waals surface area contributed by atoms with Gasteiger partial charge in [0.25, 0.3) is 0 Å². The maximum Gasteiger partial charge on any atom is 0.223 e. The highest BCUT2D eigenvalue weighted by atomic mass is 16.2. The number of piperidine rings is 2. The summed E-state index contributed by atoms with van der Waals surface area (Å²) < 4.78 is 0. The molecule has 2 aliphatic heterocycles. The van der Waals surface area contributed by atoms with E-state index < -0.39 is 0 Å². The third-order valence-corrected chi connectivity index (χ3v) is 5.57. The molecule has 114 valence electrons. The van der Waals surface area contributed by atoms with E-state index >= 15 is 0 Å². The molecule has 0 bridgehead atoms. The van der Waals surface area contributed by atoms with Crippen LogP contribution in [0.3, 0.4) is 0 Å². The van der Waals surface area contributed by atoms with Gasteiger partial charge in [-0.3, -0.25) is 4.79 Å². The number of hydrogen-bond donors (Lipinski definition) is 2. The van der Waals surface area contributed by atoms with Crippen LogP contribution in [0, 0.1) is 17.3 Å². The Hall–Kier alpha value is -0.610. The standard InChI is InChI=1S/C16H29N3O/c1-13-3-2-9-19(12-13)10-8-18-15(20)14-11-16(14)4-6-17-7-5-16/h13-14,17H,2-12H2,1H3,(H,18,20). The molecule has 0 aromatic heterocycles. The zero-order valence-corrected chi connectivity index (χ0v) is 12.8. The predicted molar refractivity (Wildman–Crippen MR) is 80.5 cm³/mol. The van der Waals surface area contributed by atoms with Gasteiger partial charge in [0.05, 0.1) is 0 Å². The minimum Gasteiger partial charge on any atom is -0.355 e. The minimum absolute atomic E-state index is 0.310. The van der Waals surface area contributed by atoms with Crippen molar-refractivity contribution in [2.45, 2.75) is 39.0 Å². The summed E-state index contributed by atoms with van der Waals surface area (Å²) in [5, 5.41) is 6.57. The smallest absolute Gasteiger partial charge is 0.223 e. The van der Waals surface area contributed by atoms with E-state index in [0.29, 0.717) is 17.2 Å². The topological polar surface area (TPSA) is 44.4 Å². The molecular formula is C16H29N3O. The summed E-state index contributed by atoms with van der Waals surface area (Å²) >= 11 is 0. The van der Waals surface area contributed by atoms with Gasteiger partial charge < -0.3 is 15.5 Å². The Bertz CT molecular complexity index is 352. The van der Waals surface area contributed by atoms with Crippen LogP contribution in [0.5, 0.6) is 0 Å². The molecule has 2 N–H and O–H groups in total. The third kappa shape index (κ3) is 3.17. The molecule has 4 heteroatoms. The molecule has 0 radical (unpaired) electrons. The molecule has 2 atom stereocenters. The van der Waals surface area contributed by atoms with Crippen LogP contribution in [0.4, 0.5) is 0 Å². The van der Waals surface area contributed by atoms with Gasteiger partial charge in [0, 0.05) is 25.6 Å². The second-order valence-corrected chi connectivity index (χ2v) is 7.21. The van der Waals surface area contributed by atoms with E-state index in [2.05, 4.69) is 22.5 Å². The molecule has 2 heterocycles.